The fourth-order valence-corrected chi connectivity index (χ4v) is 2.28. The van der Waals surface area contributed by atoms with Crippen LogP contribution in [-0.2, 0) is 16.1 Å². The van der Waals surface area contributed by atoms with Gasteiger partial charge in [0.15, 0.2) is 0 Å². The summed E-state index contributed by atoms with van der Waals surface area (Å²) in [6.07, 6.45) is 2.87. The molecule has 0 saturated carbocycles. The summed E-state index contributed by atoms with van der Waals surface area (Å²) in [7, 11) is 0. The summed E-state index contributed by atoms with van der Waals surface area (Å²) < 4.78 is 0. The summed E-state index contributed by atoms with van der Waals surface area (Å²) in [5.74, 6) is -0.653. The standard InChI is InChI=1S/C19H16ClN3O2/c20-16-6-3-4-14(12-16)8-9-18(24)22-13-15-5-1-2-7-17(15)23-19(25)10-11-21/h1-9,12H,10,13H2,(H,22,24)(H,23,25)/b9-8+. The molecule has 0 aromatic heterocycles. The maximum atomic E-state index is 11.9. The van der Waals surface area contributed by atoms with Gasteiger partial charge in [0.05, 0.1) is 6.07 Å². The number of hydrogen-bond donors (Lipinski definition) is 2. The second kappa shape index (κ2) is 9.26. The third-order valence-electron chi connectivity index (χ3n) is 3.26. The van der Waals surface area contributed by atoms with E-state index < -0.39 is 0 Å². The van der Waals surface area contributed by atoms with Gasteiger partial charge in [-0.2, -0.15) is 5.26 Å². The lowest BCUT2D eigenvalue weighted by molar-refractivity contribution is -0.116. The highest BCUT2D eigenvalue weighted by atomic mass is 35.5. The maximum Gasteiger partial charge on any atom is 0.244 e. The largest absolute Gasteiger partial charge is 0.348 e. The molecule has 2 N–H and O–H groups in total. The summed E-state index contributed by atoms with van der Waals surface area (Å²) in [5, 5.41) is 14.6. The van der Waals surface area contributed by atoms with Gasteiger partial charge in [0.25, 0.3) is 0 Å². The first-order chi connectivity index (χ1) is 12.1. The molecular weight excluding hydrogens is 338 g/mol. The van der Waals surface area contributed by atoms with Crippen molar-refractivity contribution in [2.75, 3.05) is 5.32 Å². The van der Waals surface area contributed by atoms with Crippen LogP contribution in [0.15, 0.2) is 54.6 Å². The van der Waals surface area contributed by atoms with Crippen LogP contribution in [0.2, 0.25) is 5.02 Å². The molecule has 5 nitrogen and oxygen atoms in total. The second-order valence-corrected chi connectivity index (χ2v) is 5.58. The molecule has 0 aliphatic heterocycles. The fraction of sp³-hybridized carbons (Fsp3) is 0.105. The van der Waals surface area contributed by atoms with Gasteiger partial charge >= 0.3 is 0 Å². The molecule has 2 aromatic rings. The van der Waals surface area contributed by atoms with Crippen molar-refractivity contribution in [2.24, 2.45) is 0 Å². The van der Waals surface area contributed by atoms with Crippen molar-refractivity contribution >= 4 is 35.2 Å². The number of nitrogens with one attached hydrogen (secondary N) is 2. The molecule has 0 unspecified atom stereocenters. The van der Waals surface area contributed by atoms with Crippen molar-refractivity contribution in [3.63, 3.8) is 0 Å². The van der Waals surface area contributed by atoms with E-state index in [0.29, 0.717) is 10.7 Å². The number of anilines is 1. The zero-order valence-electron chi connectivity index (χ0n) is 13.3. The number of hydrogen-bond acceptors (Lipinski definition) is 3. The Bertz CT molecular complexity index is 841. The first kappa shape index (κ1) is 18.2. The minimum atomic E-state index is -0.387. The van der Waals surface area contributed by atoms with Gasteiger partial charge in [-0.05, 0) is 35.4 Å². The number of nitriles is 1. The second-order valence-electron chi connectivity index (χ2n) is 5.15. The quantitative estimate of drug-likeness (QED) is 0.779. The highest BCUT2D eigenvalue weighted by Gasteiger charge is 2.06. The van der Waals surface area contributed by atoms with E-state index in [1.807, 2.05) is 12.1 Å². The minimum absolute atomic E-state index is 0.219. The van der Waals surface area contributed by atoms with Gasteiger partial charge in [-0.3, -0.25) is 9.59 Å². The number of carbonyl (C=O) groups excluding carboxylic acids is 2. The van der Waals surface area contributed by atoms with E-state index >= 15 is 0 Å². The predicted molar refractivity (Wildman–Crippen MR) is 97.6 cm³/mol. The normalized spacial score (nSPS) is 10.2. The Balaban J connectivity index is 1.95. The molecule has 2 aromatic carbocycles. The van der Waals surface area contributed by atoms with Gasteiger partial charge in [0.1, 0.15) is 6.42 Å². The van der Waals surface area contributed by atoms with E-state index in [2.05, 4.69) is 10.6 Å². The molecule has 2 rings (SSSR count). The van der Waals surface area contributed by atoms with Crippen molar-refractivity contribution in [3.8, 4) is 6.07 Å². The Morgan fingerprint density at radius 1 is 1.16 bits per heavy atom. The number of amides is 2. The van der Waals surface area contributed by atoms with Gasteiger partial charge < -0.3 is 10.6 Å². The number of nitrogens with zero attached hydrogens (tertiary/aromatic N) is 1. The third kappa shape index (κ3) is 6.13. The van der Waals surface area contributed by atoms with Gasteiger partial charge in [-0.25, -0.2) is 0 Å². The van der Waals surface area contributed by atoms with E-state index in [1.165, 1.54) is 6.08 Å². The molecule has 6 heteroatoms. The lowest BCUT2D eigenvalue weighted by Crippen LogP contribution is -2.21. The average molecular weight is 354 g/mol. The van der Waals surface area contributed by atoms with E-state index in [0.717, 1.165) is 11.1 Å². The smallest absolute Gasteiger partial charge is 0.244 e. The summed E-state index contributed by atoms with van der Waals surface area (Å²) in [5.41, 5.74) is 2.15. The lowest BCUT2D eigenvalue weighted by Gasteiger charge is -2.10. The van der Waals surface area contributed by atoms with E-state index in [-0.39, 0.29) is 24.8 Å². The van der Waals surface area contributed by atoms with Crippen LogP contribution in [0.4, 0.5) is 5.69 Å². The van der Waals surface area contributed by atoms with Gasteiger partial charge in [-0.15, -0.1) is 0 Å². The number of halogens is 1. The van der Waals surface area contributed by atoms with Crippen LogP contribution >= 0.6 is 11.6 Å². The number of benzene rings is 2. The molecular formula is C19H16ClN3O2. The molecule has 0 heterocycles. The lowest BCUT2D eigenvalue weighted by atomic mass is 10.1. The number of rotatable bonds is 6. The molecule has 2 amide bonds. The Hall–Kier alpha value is -3.10. The molecule has 25 heavy (non-hydrogen) atoms. The van der Waals surface area contributed by atoms with Crippen molar-refractivity contribution in [3.05, 3.63) is 70.8 Å². The summed E-state index contributed by atoms with van der Waals surface area (Å²) in [6.45, 7) is 0.252. The molecule has 0 aliphatic rings. The molecule has 0 atom stereocenters. The molecule has 0 fully saturated rings. The van der Waals surface area contributed by atoms with Crippen molar-refractivity contribution < 1.29 is 9.59 Å². The molecule has 126 valence electrons. The SMILES string of the molecule is N#CCC(=O)Nc1ccccc1CNC(=O)/C=C/c1cccc(Cl)c1. The van der Waals surface area contributed by atoms with Crippen LogP contribution in [0.25, 0.3) is 6.08 Å². The summed E-state index contributed by atoms with van der Waals surface area (Å²) in [6, 6.07) is 16.1. The van der Waals surface area contributed by atoms with Crippen LogP contribution in [0.5, 0.6) is 0 Å². The zero-order valence-corrected chi connectivity index (χ0v) is 14.1. The van der Waals surface area contributed by atoms with E-state index in [1.54, 1.807) is 48.5 Å². The van der Waals surface area contributed by atoms with Crippen molar-refractivity contribution in [2.45, 2.75) is 13.0 Å². The van der Waals surface area contributed by atoms with Crippen LogP contribution in [-0.4, -0.2) is 11.8 Å². The molecule has 0 radical (unpaired) electrons. The monoisotopic (exact) mass is 353 g/mol. The predicted octanol–water partition coefficient (Wildman–Crippen LogP) is 3.52. The van der Waals surface area contributed by atoms with Crippen LogP contribution in [0, 0.1) is 11.3 Å². The highest BCUT2D eigenvalue weighted by Crippen LogP contribution is 2.15. The molecule has 0 bridgehead atoms. The average Bonchev–Trinajstić information content (AvgIpc) is 2.59. The Morgan fingerprint density at radius 3 is 2.72 bits per heavy atom. The Morgan fingerprint density at radius 2 is 1.96 bits per heavy atom. The summed E-state index contributed by atoms with van der Waals surface area (Å²) >= 11 is 5.89. The molecule has 0 spiro atoms. The molecule has 0 aliphatic carbocycles. The van der Waals surface area contributed by atoms with Gasteiger partial charge in [0, 0.05) is 23.3 Å². The summed E-state index contributed by atoms with van der Waals surface area (Å²) in [4.78, 5) is 23.5. The first-order valence-electron chi connectivity index (χ1n) is 7.54. The minimum Gasteiger partial charge on any atom is -0.348 e. The topological polar surface area (TPSA) is 82.0 Å². The van der Waals surface area contributed by atoms with Crippen LogP contribution in [0.3, 0.4) is 0 Å². The van der Waals surface area contributed by atoms with Crippen molar-refractivity contribution in [1.82, 2.24) is 5.32 Å². The Labute approximate surface area is 150 Å². The number of carbonyl (C=O) groups is 2. The number of para-hydroxylation sites is 1. The molecule has 0 saturated heterocycles. The highest BCUT2D eigenvalue weighted by molar-refractivity contribution is 6.30. The van der Waals surface area contributed by atoms with E-state index in [9.17, 15) is 9.59 Å². The Kier molecular flexibility index (Phi) is 6.76. The first-order valence-corrected chi connectivity index (χ1v) is 7.92. The van der Waals surface area contributed by atoms with Crippen LogP contribution in [0.1, 0.15) is 17.5 Å². The third-order valence-corrected chi connectivity index (χ3v) is 3.50. The maximum absolute atomic E-state index is 11.9. The van der Waals surface area contributed by atoms with Gasteiger partial charge in [0.2, 0.25) is 11.8 Å². The van der Waals surface area contributed by atoms with Gasteiger partial charge in [-0.1, -0.05) is 41.9 Å². The zero-order chi connectivity index (χ0) is 18.1. The van der Waals surface area contributed by atoms with Crippen molar-refractivity contribution in [1.29, 1.82) is 5.26 Å². The fourth-order valence-electron chi connectivity index (χ4n) is 2.09. The van der Waals surface area contributed by atoms with E-state index in [4.69, 9.17) is 16.9 Å². The van der Waals surface area contributed by atoms with Crippen LogP contribution < -0.4 is 10.6 Å².